The normalized spacial score (nSPS) is 32.9. The van der Waals surface area contributed by atoms with Crippen molar-refractivity contribution in [2.45, 2.75) is 12.5 Å². The molecule has 0 radical (unpaired) electrons. The summed E-state index contributed by atoms with van der Waals surface area (Å²) >= 11 is 6.05. The highest BCUT2D eigenvalue weighted by Gasteiger charge is 2.47. The maximum Gasteiger partial charge on any atom is 0.165 e. The molecule has 2 aliphatic rings. The molecule has 0 amide bonds. The Hall–Kier alpha value is -1.24. The zero-order chi connectivity index (χ0) is 13.7. The Morgan fingerprint density at radius 2 is 2.25 bits per heavy atom. The number of aromatic nitrogens is 4. The van der Waals surface area contributed by atoms with Crippen molar-refractivity contribution in [1.29, 1.82) is 0 Å². The summed E-state index contributed by atoms with van der Waals surface area (Å²) in [6.07, 6.45) is 4.21. The summed E-state index contributed by atoms with van der Waals surface area (Å²) in [4.78, 5) is 12.6. The van der Waals surface area contributed by atoms with Crippen LogP contribution in [-0.4, -0.2) is 44.4 Å². The monoisotopic (exact) mass is 294 g/mol. The van der Waals surface area contributed by atoms with E-state index in [1.807, 2.05) is 4.57 Å². The minimum atomic E-state index is 0.160. The van der Waals surface area contributed by atoms with E-state index in [1.165, 1.54) is 6.33 Å². The van der Waals surface area contributed by atoms with Gasteiger partial charge < -0.3 is 14.4 Å². The van der Waals surface area contributed by atoms with E-state index in [2.05, 4.69) is 15.0 Å². The first-order chi connectivity index (χ1) is 9.79. The molecule has 2 aromatic heterocycles. The summed E-state index contributed by atoms with van der Waals surface area (Å²) in [5.41, 5.74) is 1.37. The van der Waals surface area contributed by atoms with Crippen LogP contribution in [0.4, 0.5) is 0 Å². The second-order valence-corrected chi connectivity index (χ2v) is 5.96. The van der Waals surface area contributed by atoms with Crippen LogP contribution in [0.3, 0.4) is 0 Å². The molecule has 1 aliphatic heterocycles. The van der Waals surface area contributed by atoms with Crippen molar-refractivity contribution in [3.8, 4) is 0 Å². The number of aliphatic hydroxyl groups is 1. The molecule has 1 saturated heterocycles. The first kappa shape index (κ1) is 12.5. The van der Waals surface area contributed by atoms with E-state index in [0.29, 0.717) is 22.5 Å². The van der Waals surface area contributed by atoms with Gasteiger partial charge in [-0.15, -0.1) is 0 Å². The Morgan fingerprint density at radius 3 is 3.10 bits per heavy atom. The Balaban J connectivity index is 1.77. The predicted octanol–water partition coefficient (Wildman–Crippen LogP) is 1.30. The highest BCUT2D eigenvalue weighted by Crippen LogP contribution is 2.48. The van der Waals surface area contributed by atoms with Gasteiger partial charge in [0.2, 0.25) is 0 Å². The van der Waals surface area contributed by atoms with Crippen LogP contribution < -0.4 is 0 Å². The molecular formula is C13H15ClN4O2. The third-order valence-corrected chi connectivity index (χ3v) is 4.99. The van der Waals surface area contributed by atoms with Crippen molar-refractivity contribution in [2.24, 2.45) is 17.8 Å². The summed E-state index contributed by atoms with van der Waals surface area (Å²) in [5.74, 6) is 1.14. The summed E-state index contributed by atoms with van der Waals surface area (Å²) < 4.78 is 7.58. The lowest BCUT2D eigenvalue weighted by Gasteiger charge is -2.22. The van der Waals surface area contributed by atoms with Crippen LogP contribution in [0.25, 0.3) is 11.2 Å². The topological polar surface area (TPSA) is 73.1 Å². The van der Waals surface area contributed by atoms with Gasteiger partial charge >= 0.3 is 0 Å². The molecule has 0 unspecified atom stereocenters. The van der Waals surface area contributed by atoms with E-state index >= 15 is 0 Å². The van der Waals surface area contributed by atoms with Crippen molar-refractivity contribution in [2.75, 3.05) is 19.8 Å². The van der Waals surface area contributed by atoms with Crippen LogP contribution in [0.1, 0.15) is 12.5 Å². The summed E-state index contributed by atoms with van der Waals surface area (Å²) in [7, 11) is 0. The number of aliphatic hydroxyl groups excluding tert-OH is 1. The standard InChI is InChI=1S/C13H15ClN4O2/c14-12-11-13(16-5-15-12)18(6-17-11)10-1-7-3-20-4-9(7)8(10)2-19/h5-10,19H,1-4H2/t7-,8-,9+,10-/m1/s1. The van der Waals surface area contributed by atoms with Crippen LogP contribution in [0.15, 0.2) is 12.7 Å². The van der Waals surface area contributed by atoms with E-state index in [9.17, 15) is 5.11 Å². The predicted molar refractivity (Wildman–Crippen MR) is 72.4 cm³/mol. The lowest BCUT2D eigenvalue weighted by Crippen LogP contribution is -2.23. The molecule has 4 atom stereocenters. The Labute approximate surface area is 120 Å². The number of ether oxygens (including phenoxy) is 1. The van der Waals surface area contributed by atoms with Gasteiger partial charge in [-0.3, -0.25) is 0 Å². The van der Waals surface area contributed by atoms with Crippen LogP contribution in [-0.2, 0) is 4.74 Å². The number of imidazole rings is 1. The Kier molecular flexibility index (Phi) is 2.90. The van der Waals surface area contributed by atoms with Crippen LogP contribution in [0.5, 0.6) is 0 Å². The zero-order valence-corrected chi connectivity index (χ0v) is 11.6. The van der Waals surface area contributed by atoms with Gasteiger partial charge in [0.05, 0.1) is 12.9 Å². The minimum Gasteiger partial charge on any atom is -0.396 e. The SMILES string of the molecule is OC[C@@H]1[C@H]2COC[C@H]2C[C@H]1n1cnc2c(Cl)ncnc21. The minimum absolute atomic E-state index is 0.160. The number of hydrogen-bond donors (Lipinski definition) is 1. The van der Waals surface area contributed by atoms with Gasteiger partial charge in [-0.1, -0.05) is 11.6 Å². The molecule has 1 saturated carbocycles. The Morgan fingerprint density at radius 1 is 1.35 bits per heavy atom. The molecule has 1 N–H and O–H groups in total. The Bertz CT molecular complexity index is 646. The number of rotatable bonds is 2. The van der Waals surface area contributed by atoms with E-state index < -0.39 is 0 Å². The molecule has 0 spiro atoms. The molecule has 2 fully saturated rings. The number of hydrogen-bond acceptors (Lipinski definition) is 5. The van der Waals surface area contributed by atoms with E-state index in [-0.39, 0.29) is 18.6 Å². The number of nitrogens with zero attached hydrogens (tertiary/aromatic N) is 4. The fourth-order valence-corrected chi connectivity index (χ4v) is 3.92. The van der Waals surface area contributed by atoms with Gasteiger partial charge in [-0.2, -0.15) is 0 Å². The van der Waals surface area contributed by atoms with E-state index in [4.69, 9.17) is 16.3 Å². The fourth-order valence-electron chi connectivity index (χ4n) is 3.74. The van der Waals surface area contributed by atoms with Gasteiger partial charge in [0.25, 0.3) is 0 Å². The van der Waals surface area contributed by atoms with Gasteiger partial charge in [-0.05, 0) is 18.3 Å². The second kappa shape index (κ2) is 4.65. The highest BCUT2D eigenvalue weighted by atomic mass is 35.5. The van der Waals surface area contributed by atoms with Crippen molar-refractivity contribution in [3.05, 3.63) is 17.8 Å². The van der Waals surface area contributed by atoms with Crippen molar-refractivity contribution < 1.29 is 9.84 Å². The molecule has 3 heterocycles. The maximum absolute atomic E-state index is 9.76. The lowest BCUT2D eigenvalue weighted by molar-refractivity contribution is 0.118. The van der Waals surface area contributed by atoms with Crippen molar-refractivity contribution in [1.82, 2.24) is 19.5 Å². The zero-order valence-electron chi connectivity index (χ0n) is 10.8. The lowest BCUT2D eigenvalue weighted by atomic mass is 9.92. The maximum atomic E-state index is 9.76. The van der Waals surface area contributed by atoms with E-state index in [0.717, 1.165) is 25.3 Å². The molecule has 6 nitrogen and oxygen atoms in total. The first-order valence-electron chi connectivity index (χ1n) is 6.81. The number of fused-ring (bicyclic) bond motifs is 2. The third-order valence-electron chi connectivity index (χ3n) is 4.72. The van der Waals surface area contributed by atoms with Crippen LogP contribution in [0, 0.1) is 17.8 Å². The van der Waals surface area contributed by atoms with Crippen LogP contribution >= 0.6 is 11.6 Å². The molecule has 20 heavy (non-hydrogen) atoms. The van der Waals surface area contributed by atoms with Crippen molar-refractivity contribution >= 4 is 22.8 Å². The number of halogens is 1. The molecule has 4 rings (SSSR count). The van der Waals surface area contributed by atoms with Gasteiger partial charge in [0.1, 0.15) is 11.8 Å². The summed E-state index contributed by atoms with van der Waals surface area (Å²) in [5, 5.41) is 10.1. The van der Waals surface area contributed by atoms with Crippen molar-refractivity contribution in [3.63, 3.8) is 0 Å². The second-order valence-electron chi connectivity index (χ2n) is 5.60. The molecule has 0 bridgehead atoms. The average molecular weight is 295 g/mol. The van der Waals surface area contributed by atoms with Crippen LogP contribution in [0.2, 0.25) is 5.15 Å². The molecule has 106 valence electrons. The molecule has 1 aliphatic carbocycles. The van der Waals surface area contributed by atoms with Gasteiger partial charge in [-0.25, -0.2) is 15.0 Å². The first-order valence-corrected chi connectivity index (χ1v) is 7.19. The van der Waals surface area contributed by atoms with Gasteiger partial charge in [0, 0.05) is 25.2 Å². The quantitative estimate of drug-likeness (QED) is 0.845. The fraction of sp³-hybridized carbons (Fsp3) is 0.615. The molecule has 7 heteroatoms. The average Bonchev–Trinajstić information content (AvgIpc) is 3.11. The molecular weight excluding hydrogens is 280 g/mol. The summed E-state index contributed by atoms with van der Waals surface area (Å²) in [6.45, 7) is 1.70. The smallest absolute Gasteiger partial charge is 0.165 e. The molecule has 0 aromatic carbocycles. The highest BCUT2D eigenvalue weighted by molar-refractivity contribution is 6.33. The van der Waals surface area contributed by atoms with Gasteiger partial charge in [0.15, 0.2) is 10.8 Å². The summed E-state index contributed by atoms with van der Waals surface area (Å²) in [6, 6.07) is 0.204. The third kappa shape index (κ3) is 1.68. The van der Waals surface area contributed by atoms with E-state index in [1.54, 1.807) is 6.33 Å². The largest absolute Gasteiger partial charge is 0.396 e. The molecule has 2 aromatic rings.